The van der Waals surface area contributed by atoms with E-state index in [1.165, 1.54) is 6.20 Å². The lowest BCUT2D eigenvalue weighted by atomic mass is 10.1. The summed E-state index contributed by atoms with van der Waals surface area (Å²) in [6, 6.07) is 8.51. The Bertz CT molecular complexity index is 846. The summed E-state index contributed by atoms with van der Waals surface area (Å²) in [4.78, 5) is 16.2. The van der Waals surface area contributed by atoms with Crippen LogP contribution in [0.15, 0.2) is 47.6 Å². The lowest BCUT2D eigenvalue weighted by Crippen LogP contribution is -2.34. The van der Waals surface area contributed by atoms with Crippen LogP contribution >= 0.6 is 0 Å². The zero-order valence-electron chi connectivity index (χ0n) is 15.0. The molecule has 0 radical (unpaired) electrons. The van der Waals surface area contributed by atoms with Crippen LogP contribution in [0.5, 0.6) is 0 Å². The van der Waals surface area contributed by atoms with Gasteiger partial charge >= 0.3 is 0 Å². The van der Waals surface area contributed by atoms with Crippen molar-refractivity contribution in [1.29, 1.82) is 0 Å². The lowest BCUT2D eigenvalue weighted by Gasteiger charge is -2.20. The van der Waals surface area contributed by atoms with Gasteiger partial charge in [-0.15, -0.1) is 0 Å². The molecule has 0 aliphatic carbocycles. The minimum Gasteiger partial charge on any atom is -0.354 e. The minimum absolute atomic E-state index is 0.0119. The highest BCUT2D eigenvalue weighted by molar-refractivity contribution is 7.91. The predicted molar refractivity (Wildman–Crippen MR) is 97.9 cm³/mol. The maximum atomic E-state index is 13.2. The number of nitrogens with zero attached hydrogens (tertiary/aromatic N) is 1. The molecule has 0 saturated heterocycles. The second-order valence-electron chi connectivity index (χ2n) is 6.47. The Balaban J connectivity index is 2.42. The van der Waals surface area contributed by atoms with E-state index in [2.05, 4.69) is 10.3 Å². The van der Waals surface area contributed by atoms with E-state index >= 15 is 0 Å². The summed E-state index contributed by atoms with van der Waals surface area (Å²) in [5, 5.41) is 1.85. The fourth-order valence-corrected chi connectivity index (χ4v) is 4.15. The van der Waals surface area contributed by atoms with Gasteiger partial charge in [0, 0.05) is 24.9 Å². The molecular weight excluding hydrogens is 336 g/mol. The molecule has 1 aromatic heterocycles. The topological polar surface area (TPSA) is 76.1 Å². The Kier molecular flexibility index (Phi) is 5.95. The average molecular weight is 360 g/mol. The quantitative estimate of drug-likeness (QED) is 0.859. The normalized spacial score (nSPS) is 12.8. The number of pyridine rings is 1. The van der Waals surface area contributed by atoms with E-state index in [0.29, 0.717) is 5.56 Å². The summed E-state index contributed by atoms with van der Waals surface area (Å²) < 4.78 is 26.4. The van der Waals surface area contributed by atoms with Gasteiger partial charge in [-0.1, -0.05) is 26.0 Å². The van der Waals surface area contributed by atoms with E-state index in [9.17, 15) is 13.2 Å². The van der Waals surface area contributed by atoms with E-state index in [1.807, 2.05) is 13.8 Å². The first kappa shape index (κ1) is 19.1. The molecule has 0 bridgehead atoms. The number of nitrogens with one attached hydrogen (secondary N) is 1. The third-order valence-electron chi connectivity index (χ3n) is 4.22. The van der Waals surface area contributed by atoms with Gasteiger partial charge in [0.25, 0.3) is 0 Å². The van der Waals surface area contributed by atoms with E-state index in [1.54, 1.807) is 50.4 Å². The van der Waals surface area contributed by atoms with Crippen molar-refractivity contribution >= 4 is 15.7 Å². The van der Waals surface area contributed by atoms with Crippen LogP contribution in [-0.4, -0.2) is 25.9 Å². The second-order valence-corrected chi connectivity index (χ2v) is 8.60. The van der Waals surface area contributed by atoms with Crippen molar-refractivity contribution in [1.82, 2.24) is 10.3 Å². The lowest BCUT2D eigenvalue weighted by molar-refractivity contribution is -0.123. The van der Waals surface area contributed by atoms with E-state index in [4.69, 9.17) is 0 Å². The molecule has 5 nitrogen and oxygen atoms in total. The van der Waals surface area contributed by atoms with Crippen molar-refractivity contribution in [2.45, 2.75) is 37.8 Å². The fraction of sp³-hybridized carbons (Fsp3) is 0.368. The summed E-state index contributed by atoms with van der Waals surface area (Å²) in [5.41, 5.74) is 2.51. The molecule has 1 atom stereocenters. The molecule has 0 aliphatic heterocycles. The number of rotatable bonds is 6. The van der Waals surface area contributed by atoms with Gasteiger partial charge in [-0.3, -0.25) is 9.78 Å². The Hall–Kier alpha value is -2.21. The summed E-state index contributed by atoms with van der Waals surface area (Å²) in [6.45, 7) is 7.37. The highest BCUT2D eigenvalue weighted by Gasteiger charge is 2.30. The number of aryl methyl sites for hydroxylation is 2. The second kappa shape index (κ2) is 7.78. The van der Waals surface area contributed by atoms with Crippen molar-refractivity contribution in [2.75, 3.05) is 6.54 Å². The molecule has 1 amide bonds. The number of carbonyl (C=O) groups excluding carboxylic acids is 1. The van der Waals surface area contributed by atoms with Gasteiger partial charge in [0.2, 0.25) is 5.91 Å². The van der Waals surface area contributed by atoms with Gasteiger partial charge in [-0.2, -0.15) is 0 Å². The molecule has 0 spiro atoms. The first-order chi connectivity index (χ1) is 11.7. The molecule has 6 heteroatoms. The fourth-order valence-electron chi connectivity index (χ4n) is 2.43. The third-order valence-corrected chi connectivity index (χ3v) is 6.32. The Labute approximate surface area is 149 Å². The zero-order valence-corrected chi connectivity index (χ0v) is 15.8. The molecular formula is C19H24N2O3S. The first-order valence-corrected chi connectivity index (χ1v) is 9.77. The SMILES string of the molecule is Cc1ccc(S(=O)(=O)[C@@H](CNC(=O)C(C)C)c2cccnc2)cc1C. The summed E-state index contributed by atoms with van der Waals surface area (Å²) in [5.74, 6) is -0.386. The predicted octanol–water partition coefficient (Wildman–Crippen LogP) is 2.99. The summed E-state index contributed by atoms with van der Waals surface area (Å²) in [6.07, 6.45) is 3.13. The minimum atomic E-state index is -3.67. The van der Waals surface area contributed by atoms with Crippen LogP contribution in [0.2, 0.25) is 0 Å². The third kappa shape index (κ3) is 4.45. The van der Waals surface area contributed by atoms with Crippen molar-refractivity contribution in [2.24, 2.45) is 5.92 Å². The van der Waals surface area contributed by atoms with E-state index in [-0.39, 0.29) is 23.3 Å². The average Bonchev–Trinajstić information content (AvgIpc) is 2.57. The van der Waals surface area contributed by atoms with Crippen LogP contribution in [0, 0.1) is 19.8 Å². The molecule has 2 aromatic rings. The first-order valence-electron chi connectivity index (χ1n) is 8.22. The molecule has 25 heavy (non-hydrogen) atoms. The maximum Gasteiger partial charge on any atom is 0.222 e. The number of hydrogen-bond donors (Lipinski definition) is 1. The van der Waals surface area contributed by atoms with Crippen LogP contribution in [0.25, 0.3) is 0 Å². The highest BCUT2D eigenvalue weighted by Crippen LogP contribution is 2.29. The van der Waals surface area contributed by atoms with Gasteiger partial charge in [-0.25, -0.2) is 8.42 Å². The molecule has 1 aromatic carbocycles. The van der Waals surface area contributed by atoms with Gasteiger partial charge < -0.3 is 5.32 Å². The number of carbonyl (C=O) groups is 1. The van der Waals surface area contributed by atoms with Gasteiger partial charge in [-0.05, 0) is 48.7 Å². The smallest absolute Gasteiger partial charge is 0.222 e. The standard InChI is InChI=1S/C19H24N2O3S/c1-13(2)19(22)21-12-18(16-6-5-9-20-11-16)25(23,24)17-8-7-14(3)15(4)10-17/h5-11,13,18H,12H2,1-4H3,(H,21,22)/t18-/m0/s1. The van der Waals surface area contributed by atoms with E-state index in [0.717, 1.165) is 11.1 Å². The van der Waals surface area contributed by atoms with Crippen LogP contribution < -0.4 is 5.32 Å². The Morgan fingerprint density at radius 3 is 2.44 bits per heavy atom. The number of hydrogen-bond acceptors (Lipinski definition) is 4. The summed E-state index contributed by atoms with van der Waals surface area (Å²) in [7, 11) is -3.67. The van der Waals surface area contributed by atoms with Crippen LogP contribution in [0.1, 0.15) is 35.8 Å². The van der Waals surface area contributed by atoms with Gasteiger partial charge in [0.15, 0.2) is 9.84 Å². The van der Waals surface area contributed by atoms with Crippen molar-refractivity contribution < 1.29 is 13.2 Å². The van der Waals surface area contributed by atoms with E-state index < -0.39 is 15.1 Å². The molecule has 0 fully saturated rings. The molecule has 134 valence electrons. The number of aromatic nitrogens is 1. The molecule has 1 N–H and O–H groups in total. The number of benzene rings is 1. The molecule has 0 aliphatic rings. The Morgan fingerprint density at radius 1 is 1.16 bits per heavy atom. The highest BCUT2D eigenvalue weighted by atomic mass is 32.2. The maximum absolute atomic E-state index is 13.2. The zero-order chi connectivity index (χ0) is 18.6. The van der Waals surface area contributed by atoms with Crippen LogP contribution in [-0.2, 0) is 14.6 Å². The van der Waals surface area contributed by atoms with Crippen molar-refractivity contribution in [3.05, 3.63) is 59.4 Å². The van der Waals surface area contributed by atoms with Crippen molar-refractivity contribution in [3.63, 3.8) is 0 Å². The molecule has 0 unspecified atom stereocenters. The largest absolute Gasteiger partial charge is 0.354 e. The number of amides is 1. The summed E-state index contributed by atoms with van der Waals surface area (Å²) >= 11 is 0. The van der Waals surface area contributed by atoms with Crippen LogP contribution in [0.3, 0.4) is 0 Å². The van der Waals surface area contributed by atoms with Crippen molar-refractivity contribution in [3.8, 4) is 0 Å². The van der Waals surface area contributed by atoms with Crippen LogP contribution in [0.4, 0.5) is 0 Å². The number of sulfone groups is 1. The monoisotopic (exact) mass is 360 g/mol. The van der Waals surface area contributed by atoms with Gasteiger partial charge in [0.05, 0.1) is 4.90 Å². The molecule has 2 rings (SSSR count). The Morgan fingerprint density at radius 2 is 1.88 bits per heavy atom. The molecule has 1 heterocycles. The molecule has 0 saturated carbocycles. The van der Waals surface area contributed by atoms with Gasteiger partial charge in [0.1, 0.15) is 5.25 Å².